The Morgan fingerprint density at radius 1 is 0.897 bits per heavy atom. The van der Waals surface area contributed by atoms with Gasteiger partial charge in [-0.15, -0.1) is 0 Å². The second-order valence-electron chi connectivity index (χ2n) is 8.28. The third-order valence-electron chi connectivity index (χ3n) is 6.55. The number of imide groups is 1. The van der Waals surface area contributed by atoms with Crippen LogP contribution in [0.25, 0.3) is 5.57 Å². The van der Waals surface area contributed by atoms with Gasteiger partial charge in [0.15, 0.2) is 0 Å². The highest BCUT2D eigenvalue weighted by Gasteiger charge is 2.45. The summed E-state index contributed by atoms with van der Waals surface area (Å²) in [5, 5.41) is 0. The maximum Gasteiger partial charge on any atom is 0.278 e. The van der Waals surface area contributed by atoms with Gasteiger partial charge in [0.1, 0.15) is 11.5 Å². The van der Waals surface area contributed by atoms with Gasteiger partial charge in [0, 0.05) is 32.2 Å². The molecular weight excluding hydrogens is 369 g/mol. The van der Waals surface area contributed by atoms with Gasteiger partial charge in [-0.05, 0) is 37.1 Å². The Hall–Kier alpha value is -2.21. The Labute approximate surface area is 172 Å². The number of carbonyl (C=O) groups is 2. The minimum atomic E-state index is -0.343. The van der Waals surface area contributed by atoms with Crippen molar-refractivity contribution in [2.75, 3.05) is 32.7 Å². The monoisotopic (exact) mass is 399 g/mol. The molecule has 0 bridgehead atoms. The molecule has 5 nitrogen and oxygen atoms in total. The summed E-state index contributed by atoms with van der Waals surface area (Å²) >= 11 is 0. The number of hydrogen-bond donors (Lipinski definition) is 0. The summed E-state index contributed by atoms with van der Waals surface area (Å²) in [6.45, 7) is 6.33. The Balaban J connectivity index is 1.70. The molecule has 1 aromatic carbocycles. The summed E-state index contributed by atoms with van der Waals surface area (Å²) < 4.78 is 13.5. The summed E-state index contributed by atoms with van der Waals surface area (Å²) in [6.07, 6.45) is 6.19. The number of rotatable bonds is 4. The van der Waals surface area contributed by atoms with Gasteiger partial charge in [-0.25, -0.2) is 4.39 Å². The molecule has 0 aromatic heterocycles. The van der Waals surface area contributed by atoms with E-state index < -0.39 is 0 Å². The van der Waals surface area contributed by atoms with Crippen molar-refractivity contribution in [1.29, 1.82) is 0 Å². The van der Waals surface area contributed by atoms with Crippen LogP contribution in [0.1, 0.15) is 51.0 Å². The lowest BCUT2D eigenvalue weighted by Gasteiger charge is -2.36. The number of carbonyl (C=O) groups excluding carboxylic acids is 2. The van der Waals surface area contributed by atoms with Gasteiger partial charge in [-0.1, -0.05) is 44.7 Å². The molecule has 1 saturated heterocycles. The Morgan fingerprint density at radius 2 is 1.52 bits per heavy atom. The van der Waals surface area contributed by atoms with Crippen molar-refractivity contribution in [3.05, 3.63) is 41.3 Å². The second kappa shape index (κ2) is 8.66. The molecule has 0 radical (unpaired) electrons. The summed E-state index contributed by atoms with van der Waals surface area (Å²) in [7, 11) is 0. The number of amides is 2. The molecule has 0 N–H and O–H groups in total. The van der Waals surface area contributed by atoms with Crippen molar-refractivity contribution >= 4 is 17.4 Å². The molecule has 4 rings (SSSR count). The van der Waals surface area contributed by atoms with E-state index in [0.717, 1.165) is 71.2 Å². The third-order valence-corrected chi connectivity index (χ3v) is 6.55. The first-order chi connectivity index (χ1) is 14.1. The number of likely N-dealkylation sites (N-methyl/N-ethyl adjacent to an activating group) is 1. The van der Waals surface area contributed by atoms with E-state index in [1.165, 1.54) is 17.0 Å². The molecule has 2 aliphatic heterocycles. The van der Waals surface area contributed by atoms with E-state index in [-0.39, 0.29) is 23.7 Å². The van der Waals surface area contributed by atoms with Crippen molar-refractivity contribution in [2.45, 2.75) is 51.5 Å². The van der Waals surface area contributed by atoms with Gasteiger partial charge in [-0.2, -0.15) is 0 Å². The lowest BCUT2D eigenvalue weighted by molar-refractivity contribution is -0.140. The quantitative estimate of drug-likeness (QED) is 0.576. The maximum absolute atomic E-state index is 13.5. The van der Waals surface area contributed by atoms with E-state index in [2.05, 4.69) is 16.7 Å². The van der Waals surface area contributed by atoms with Gasteiger partial charge >= 0.3 is 0 Å². The van der Waals surface area contributed by atoms with Crippen molar-refractivity contribution in [1.82, 2.24) is 14.7 Å². The first kappa shape index (κ1) is 20.1. The number of halogens is 1. The summed E-state index contributed by atoms with van der Waals surface area (Å²) in [5.74, 6) is -0.711. The molecule has 2 fully saturated rings. The highest BCUT2D eigenvalue weighted by molar-refractivity contribution is 6.35. The van der Waals surface area contributed by atoms with Gasteiger partial charge < -0.3 is 9.80 Å². The average molecular weight is 400 g/mol. The summed E-state index contributed by atoms with van der Waals surface area (Å²) in [6, 6.07) is 5.94. The summed E-state index contributed by atoms with van der Waals surface area (Å²) in [5.41, 5.74) is 1.60. The van der Waals surface area contributed by atoms with Crippen molar-refractivity contribution in [3.8, 4) is 0 Å². The second-order valence-corrected chi connectivity index (χ2v) is 8.28. The Bertz CT molecular complexity index is 789. The van der Waals surface area contributed by atoms with E-state index in [1.807, 2.05) is 0 Å². The molecule has 0 spiro atoms. The molecule has 1 saturated carbocycles. The fourth-order valence-electron chi connectivity index (χ4n) is 4.84. The smallest absolute Gasteiger partial charge is 0.278 e. The fourth-order valence-corrected chi connectivity index (χ4v) is 4.84. The standard InChI is InChI=1S/C23H30FN3O2/c1-2-25-13-15-26(16-14-25)21-20(17-9-11-18(24)12-10-17)22(28)27(23(21)29)19-7-5-3-4-6-8-19/h9-12,19H,2-8,13-16H2,1H3. The SMILES string of the molecule is CCN1CCN(C2=C(c3ccc(F)cc3)C(=O)N(C3CCCCCC3)C2=O)CC1. The lowest BCUT2D eigenvalue weighted by Crippen LogP contribution is -2.48. The van der Waals surface area contributed by atoms with E-state index in [4.69, 9.17) is 0 Å². The molecule has 0 unspecified atom stereocenters. The number of piperazine rings is 1. The van der Waals surface area contributed by atoms with E-state index in [0.29, 0.717) is 16.8 Å². The van der Waals surface area contributed by atoms with Gasteiger partial charge in [0.2, 0.25) is 0 Å². The highest BCUT2D eigenvalue weighted by Crippen LogP contribution is 2.36. The maximum atomic E-state index is 13.5. The van der Waals surface area contributed by atoms with E-state index in [1.54, 1.807) is 12.1 Å². The minimum Gasteiger partial charge on any atom is -0.364 e. The first-order valence-electron chi connectivity index (χ1n) is 11.0. The van der Waals surface area contributed by atoms with Gasteiger partial charge in [0.25, 0.3) is 11.8 Å². The van der Waals surface area contributed by atoms with Crippen LogP contribution < -0.4 is 0 Å². The number of benzene rings is 1. The zero-order chi connectivity index (χ0) is 20.4. The minimum absolute atomic E-state index is 0.0256. The Morgan fingerprint density at radius 3 is 2.10 bits per heavy atom. The molecule has 1 aromatic rings. The molecule has 2 amide bonds. The normalized spacial score (nSPS) is 22.6. The predicted molar refractivity (Wildman–Crippen MR) is 110 cm³/mol. The number of nitrogens with zero attached hydrogens (tertiary/aromatic N) is 3. The fraction of sp³-hybridized carbons (Fsp3) is 0.565. The average Bonchev–Trinajstić information content (AvgIpc) is 2.90. The summed E-state index contributed by atoms with van der Waals surface area (Å²) in [4.78, 5) is 33.0. The zero-order valence-corrected chi connectivity index (χ0v) is 17.2. The van der Waals surface area contributed by atoms with Crippen LogP contribution in [0.3, 0.4) is 0 Å². The molecule has 0 atom stereocenters. The highest BCUT2D eigenvalue weighted by atomic mass is 19.1. The zero-order valence-electron chi connectivity index (χ0n) is 17.2. The topological polar surface area (TPSA) is 43.9 Å². The van der Waals surface area contributed by atoms with Crippen LogP contribution in [0.2, 0.25) is 0 Å². The lowest BCUT2D eigenvalue weighted by atomic mass is 10.0. The van der Waals surface area contributed by atoms with Gasteiger partial charge in [0.05, 0.1) is 5.57 Å². The molecule has 1 aliphatic carbocycles. The van der Waals surface area contributed by atoms with Crippen LogP contribution in [0.15, 0.2) is 30.0 Å². The number of hydrogen-bond acceptors (Lipinski definition) is 4. The van der Waals surface area contributed by atoms with Crippen LogP contribution in [-0.4, -0.2) is 65.3 Å². The largest absolute Gasteiger partial charge is 0.364 e. The third kappa shape index (κ3) is 3.95. The van der Waals surface area contributed by atoms with Crippen molar-refractivity contribution in [2.24, 2.45) is 0 Å². The van der Waals surface area contributed by atoms with Crippen LogP contribution in [-0.2, 0) is 9.59 Å². The molecule has 2 heterocycles. The van der Waals surface area contributed by atoms with Crippen molar-refractivity contribution < 1.29 is 14.0 Å². The molecular formula is C23H30FN3O2. The van der Waals surface area contributed by atoms with Crippen LogP contribution in [0, 0.1) is 5.82 Å². The van der Waals surface area contributed by atoms with Crippen LogP contribution in [0.4, 0.5) is 4.39 Å². The Kier molecular flexibility index (Phi) is 5.99. The molecule has 29 heavy (non-hydrogen) atoms. The molecule has 6 heteroatoms. The van der Waals surface area contributed by atoms with E-state index in [9.17, 15) is 14.0 Å². The first-order valence-corrected chi connectivity index (χ1v) is 11.0. The predicted octanol–water partition coefficient (Wildman–Crippen LogP) is 3.27. The molecule has 156 valence electrons. The van der Waals surface area contributed by atoms with Crippen molar-refractivity contribution in [3.63, 3.8) is 0 Å². The van der Waals surface area contributed by atoms with Gasteiger partial charge in [-0.3, -0.25) is 14.5 Å². The molecule has 3 aliphatic rings. The van der Waals surface area contributed by atoms with Crippen LogP contribution in [0.5, 0.6) is 0 Å². The van der Waals surface area contributed by atoms with E-state index >= 15 is 0 Å². The van der Waals surface area contributed by atoms with Crippen LogP contribution >= 0.6 is 0 Å².